The van der Waals surface area contributed by atoms with Crippen LogP contribution in [0.4, 0.5) is 0 Å². The van der Waals surface area contributed by atoms with Gasteiger partial charge in [0.1, 0.15) is 12.4 Å². The summed E-state index contributed by atoms with van der Waals surface area (Å²) in [4.78, 5) is 7.03. The Labute approximate surface area is 125 Å². The lowest BCUT2D eigenvalue weighted by Gasteiger charge is -2.19. The summed E-state index contributed by atoms with van der Waals surface area (Å²) in [6.07, 6.45) is 0. The summed E-state index contributed by atoms with van der Waals surface area (Å²) >= 11 is 6.11. The second-order valence-electron chi connectivity index (χ2n) is 4.77. The number of halogens is 1. The fourth-order valence-corrected chi connectivity index (χ4v) is 2.58. The van der Waals surface area contributed by atoms with E-state index in [0.717, 1.165) is 48.1 Å². The fourth-order valence-electron chi connectivity index (χ4n) is 2.42. The molecule has 0 unspecified atom stereocenters. The Kier molecular flexibility index (Phi) is 5.40. The number of methoxy groups -OCH3 is 1. The lowest BCUT2D eigenvalue weighted by molar-refractivity contribution is 0.173. The summed E-state index contributed by atoms with van der Waals surface area (Å²) in [6, 6.07) is 5.82. The van der Waals surface area contributed by atoms with Crippen LogP contribution < -0.4 is 0 Å². The minimum atomic E-state index is 0.518. The molecule has 0 saturated heterocycles. The highest BCUT2D eigenvalue weighted by molar-refractivity contribution is 6.31. The van der Waals surface area contributed by atoms with Gasteiger partial charge in [0.25, 0.3) is 0 Å². The predicted octanol–water partition coefficient (Wildman–Crippen LogP) is 3.18. The van der Waals surface area contributed by atoms with E-state index in [1.54, 1.807) is 7.11 Å². The van der Waals surface area contributed by atoms with Crippen LogP contribution in [0.25, 0.3) is 11.0 Å². The van der Waals surface area contributed by atoms with Gasteiger partial charge in [0.05, 0.1) is 11.0 Å². The van der Waals surface area contributed by atoms with Crippen molar-refractivity contribution in [2.45, 2.75) is 27.0 Å². The van der Waals surface area contributed by atoms with Crippen LogP contribution >= 0.6 is 11.6 Å². The number of hydrogen-bond donors (Lipinski definition) is 0. The summed E-state index contributed by atoms with van der Waals surface area (Å²) in [6.45, 7) is 8.90. The standard InChI is InChI=1S/C15H22ClN3O/c1-4-18(5-2)8-9-19-14-10-12(16)6-7-13(14)17-15(19)11-20-3/h6-7,10H,4-5,8-9,11H2,1-3H3. The van der Waals surface area contributed by atoms with Crippen LogP contribution in [0, 0.1) is 0 Å². The third-order valence-electron chi connectivity index (χ3n) is 3.60. The third kappa shape index (κ3) is 3.32. The van der Waals surface area contributed by atoms with E-state index in [1.165, 1.54) is 0 Å². The third-order valence-corrected chi connectivity index (χ3v) is 3.83. The molecule has 20 heavy (non-hydrogen) atoms. The van der Waals surface area contributed by atoms with Gasteiger partial charge in [0, 0.05) is 25.2 Å². The van der Waals surface area contributed by atoms with Crippen molar-refractivity contribution in [1.82, 2.24) is 14.5 Å². The molecule has 0 atom stereocenters. The summed E-state index contributed by atoms with van der Waals surface area (Å²) in [5, 5.41) is 0.741. The molecule has 5 heteroatoms. The highest BCUT2D eigenvalue weighted by Gasteiger charge is 2.11. The highest BCUT2D eigenvalue weighted by atomic mass is 35.5. The molecule has 0 N–H and O–H groups in total. The van der Waals surface area contributed by atoms with Crippen molar-refractivity contribution in [2.24, 2.45) is 0 Å². The van der Waals surface area contributed by atoms with E-state index in [2.05, 4.69) is 28.3 Å². The normalized spacial score (nSPS) is 11.7. The van der Waals surface area contributed by atoms with Gasteiger partial charge in [-0.3, -0.25) is 0 Å². The summed E-state index contributed by atoms with van der Waals surface area (Å²) in [7, 11) is 1.70. The van der Waals surface area contributed by atoms with Gasteiger partial charge < -0.3 is 14.2 Å². The largest absolute Gasteiger partial charge is 0.377 e. The van der Waals surface area contributed by atoms with Crippen molar-refractivity contribution in [3.8, 4) is 0 Å². The van der Waals surface area contributed by atoms with Crippen LogP contribution in [0.3, 0.4) is 0 Å². The molecule has 110 valence electrons. The van der Waals surface area contributed by atoms with Crippen molar-refractivity contribution in [2.75, 3.05) is 26.7 Å². The molecule has 0 aliphatic carbocycles. The van der Waals surface area contributed by atoms with Crippen molar-refractivity contribution < 1.29 is 4.74 Å². The number of benzene rings is 1. The van der Waals surface area contributed by atoms with Crippen molar-refractivity contribution >= 4 is 22.6 Å². The zero-order chi connectivity index (χ0) is 14.5. The van der Waals surface area contributed by atoms with E-state index in [1.807, 2.05) is 18.2 Å². The minimum absolute atomic E-state index is 0.518. The number of aromatic nitrogens is 2. The van der Waals surface area contributed by atoms with E-state index in [9.17, 15) is 0 Å². The summed E-state index contributed by atoms with van der Waals surface area (Å²) < 4.78 is 7.47. The number of hydrogen-bond acceptors (Lipinski definition) is 3. The lowest BCUT2D eigenvalue weighted by Crippen LogP contribution is -2.27. The first-order valence-electron chi connectivity index (χ1n) is 7.05. The summed E-state index contributed by atoms with van der Waals surface area (Å²) in [5.74, 6) is 0.955. The monoisotopic (exact) mass is 295 g/mol. The van der Waals surface area contributed by atoms with E-state index in [0.29, 0.717) is 6.61 Å². The van der Waals surface area contributed by atoms with Crippen LogP contribution in [-0.4, -0.2) is 41.2 Å². The smallest absolute Gasteiger partial charge is 0.136 e. The van der Waals surface area contributed by atoms with E-state index >= 15 is 0 Å². The second kappa shape index (κ2) is 7.07. The molecule has 0 saturated carbocycles. The predicted molar refractivity (Wildman–Crippen MR) is 83.2 cm³/mol. The van der Waals surface area contributed by atoms with Crippen molar-refractivity contribution in [3.05, 3.63) is 29.0 Å². The van der Waals surface area contributed by atoms with Gasteiger partial charge >= 0.3 is 0 Å². The maximum absolute atomic E-state index is 6.11. The fraction of sp³-hybridized carbons (Fsp3) is 0.533. The first-order chi connectivity index (χ1) is 9.69. The molecule has 1 heterocycles. The summed E-state index contributed by atoms with van der Waals surface area (Å²) in [5.41, 5.74) is 2.05. The molecule has 1 aromatic carbocycles. The Bertz CT molecular complexity index is 563. The van der Waals surface area contributed by atoms with Gasteiger partial charge in [-0.2, -0.15) is 0 Å². The molecule has 1 aromatic heterocycles. The molecule has 0 amide bonds. The quantitative estimate of drug-likeness (QED) is 0.786. The average molecular weight is 296 g/mol. The topological polar surface area (TPSA) is 30.3 Å². The molecular formula is C15H22ClN3O. The highest BCUT2D eigenvalue weighted by Crippen LogP contribution is 2.21. The maximum atomic E-state index is 6.11. The number of ether oxygens (including phenoxy) is 1. The molecule has 0 radical (unpaired) electrons. The molecule has 0 fully saturated rings. The average Bonchev–Trinajstić information content (AvgIpc) is 2.78. The minimum Gasteiger partial charge on any atom is -0.377 e. The Morgan fingerprint density at radius 1 is 1.30 bits per heavy atom. The van der Waals surface area contributed by atoms with Gasteiger partial charge in [0.15, 0.2) is 0 Å². The number of likely N-dealkylation sites (N-methyl/N-ethyl adjacent to an activating group) is 1. The Balaban J connectivity index is 2.32. The second-order valence-corrected chi connectivity index (χ2v) is 5.21. The Hall–Kier alpha value is -1.10. The molecule has 0 aliphatic rings. The number of rotatable bonds is 7. The molecule has 2 aromatic rings. The van der Waals surface area contributed by atoms with Crippen LogP contribution in [0.2, 0.25) is 5.02 Å². The first-order valence-corrected chi connectivity index (χ1v) is 7.43. The van der Waals surface area contributed by atoms with Gasteiger partial charge in [0.2, 0.25) is 0 Å². The van der Waals surface area contributed by atoms with Crippen LogP contribution in [0.5, 0.6) is 0 Å². The Morgan fingerprint density at radius 3 is 2.70 bits per heavy atom. The molecule has 2 rings (SSSR count). The van der Waals surface area contributed by atoms with Crippen LogP contribution in [-0.2, 0) is 17.9 Å². The molecule has 0 spiro atoms. The lowest BCUT2D eigenvalue weighted by atomic mass is 10.3. The number of nitrogens with zero attached hydrogens (tertiary/aromatic N) is 3. The van der Waals surface area contributed by atoms with Crippen molar-refractivity contribution in [3.63, 3.8) is 0 Å². The zero-order valence-corrected chi connectivity index (χ0v) is 13.2. The van der Waals surface area contributed by atoms with Crippen molar-refractivity contribution in [1.29, 1.82) is 0 Å². The van der Waals surface area contributed by atoms with E-state index in [-0.39, 0.29) is 0 Å². The van der Waals surface area contributed by atoms with Crippen LogP contribution in [0.1, 0.15) is 19.7 Å². The van der Waals surface area contributed by atoms with Gasteiger partial charge in [-0.05, 0) is 31.3 Å². The van der Waals surface area contributed by atoms with Gasteiger partial charge in [-0.1, -0.05) is 25.4 Å². The van der Waals surface area contributed by atoms with Crippen LogP contribution in [0.15, 0.2) is 18.2 Å². The van der Waals surface area contributed by atoms with Gasteiger partial charge in [-0.15, -0.1) is 0 Å². The first kappa shape index (κ1) is 15.3. The molecule has 0 bridgehead atoms. The number of imidazole rings is 1. The van der Waals surface area contributed by atoms with E-state index < -0.39 is 0 Å². The molecule has 0 aliphatic heterocycles. The molecule has 4 nitrogen and oxygen atoms in total. The Morgan fingerprint density at radius 2 is 2.05 bits per heavy atom. The SMILES string of the molecule is CCN(CC)CCn1c(COC)nc2ccc(Cl)cc21. The number of fused-ring (bicyclic) bond motifs is 1. The van der Waals surface area contributed by atoms with E-state index in [4.69, 9.17) is 16.3 Å². The molecular weight excluding hydrogens is 274 g/mol. The van der Waals surface area contributed by atoms with Gasteiger partial charge in [-0.25, -0.2) is 4.98 Å². The zero-order valence-electron chi connectivity index (χ0n) is 12.4. The maximum Gasteiger partial charge on any atom is 0.136 e.